The lowest BCUT2D eigenvalue weighted by atomic mass is 10.2. The van der Waals surface area contributed by atoms with Crippen LogP contribution in [0.2, 0.25) is 0 Å². The van der Waals surface area contributed by atoms with E-state index in [1.54, 1.807) is 38.1 Å². The van der Waals surface area contributed by atoms with Crippen molar-refractivity contribution in [3.8, 4) is 5.75 Å². The Kier molecular flexibility index (Phi) is 4.46. The summed E-state index contributed by atoms with van der Waals surface area (Å²) >= 11 is 0. The molecule has 1 N–H and O–H groups in total. The molecule has 0 radical (unpaired) electrons. The molecule has 1 aromatic carbocycles. The first-order valence-electron chi connectivity index (χ1n) is 5.22. The van der Waals surface area contributed by atoms with Gasteiger partial charge in [-0.25, -0.2) is 4.79 Å². The number of ether oxygens (including phenoxy) is 1. The van der Waals surface area contributed by atoms with Gasteiger partial charge in [-0.05, 0) is 23.8 Å². The maximum atomic E-state index is 11.3. The van der Waals surface area contributed by atoms with Crippen LogP contribution in [-0.2, 0) is 9.59 Å². The van der Waals surface area contributed by atoms with Crippen LogP contribution in [0.5, 0.6) is 5.75 Å². The highest BCUT2D eigenvalue weighted by atomic mass is 16.5. The average molecular weight is 234 g/mol. The molecule has 0 atom stereocenters. The Morgan fingerprint density at radius 3 is 2.29 bits per heavy atom. The predicted molar refractivity (Wildman–Crippen MR) is 63.6 cm³/mol. The van der Waals surface area contributed by atoms with Gasteiger partial charge in [0.2, 0.25) is 0 Å². The van der Waals surface area contributed by atoms with E-state index in [9.17, 15) is 9.59 Å². The summed E-state index contributed by atoms with van der Waals surface area (Å²) in [5.74, 6) is -1.02. The normalized spacial score (nSPS) is 10.8. The van der Waals surface area contributed by atoms with Crippen molar-refractivity contribution < 1.29 is 19.4 Å². The Labute approximate surface area is 99.5 Å². The van der Waals surface area contributed by atoms with E-state index in [2.05, 4.69) is 0 Å². The lowest BCUT2D eigenvalue weighted by Gasteiger charge is -2.06. The quantitative estimate of drug-likeness (QED) is 0.493. The van der Waals surface area contributed by atoms with Gasteiger partial charge in [-0.15, -0.1) is 0 Å². The van der Waals surface area contributed by atoms with Crippen molar-refractivity contribution in [3.63, 3.8) is 0 Å². The van der Waals surface area contributed by atoms with Gasteiger partial charge in [-0.2, -0.15) is 0 Å². The zero-order valence-corrected chi connectivity index (χ0v) is 9.71. The largest absolute Gasteiger partial charge is 0.478 e. The molecule has 0 saturated carbocycles. The van der Waals surface area contributed by atoms with Crippen molar-refractivity contribution in [3.05, 3.63) is 35.9 Å². The standard InChI is InChI=1S/C13H14O4/c1-9(2)13(16)17-11-6-3-10(4-7-11)5-8-12(14)15/h3-9H,1-2H3,(H,14,15). The van der Waals surface area contributed by atoms with Gasteiger partial charge in [-0.1, -0.05) is 26.0 Å². The molecule has 4 heteroatoms. The SMILES string of the molecule is CC(C)C(=O)Oc1ccc(C=CC(=O)O)cc1. The molecule has 0 aliphatic rings. The second-order valence-electron chi connectivity index (χ2n) is 3.82. The van der Waals surface area contributed by atoms with E-state index >= 15 is 0 Å². The molecule has 0 unspecified atom stereocenters. The zero-order chi connectivity index (χ0) is 12.8. The van der Waals surface area contributed by atoms with Gasteiger partial charge in [0.25, 0.3) is 0 Å². The Balaban J connectivity index is 2.68. The highest BCUT2D eigenvalue weighted by Crippen LogP contribution is 2.14. The van der Waals surface area contributed by atoms with Crippen LogP contribution in [0.4, 0.5) is 0 Å². The smallest absolute Gasteiger partial charge is 0.328 e. The summed E-state index contributed by atoms with van der Waals surface area (Å²) in [7, 11) is 0. The maximum Gasteiger partial charge on any atom is 0.328 e. The summed E-state index contributed by atoms with van der Waals surface area (Å²) in [5, 5.41) is 8.45. The Morgan fingerprint density at radius 1 is 1.24 bits per heavy atom. The van der Waals surface area contributed by atoms with Crippen molar-refractivity contribution in [2.24, 2.45) is 5.92 Å². The summed E-state index contributed by atoms with van der Waals surface area (Å²) in [4.78, 5) is 21.6. The molecule has 0 heterocycles. The van der Waals surface area contributed by atoms with E-state index in [1.165, 1.54) is 6.08 Å². The monoisotopic (exact) mass is 234 g/mol. The molecule has 0 aliphatic carbocycles. The predicted octanol–water partition coefficient (Wildman–Crippen LogP) is 2.35. The van der Waals surface area contributed by atoms with E-state index in [1.807, 2.05) is 0 Å². The topological polar surface area (TPSA) is 63.6 Å². The van der Waals surface area contributed by atoms with Crippen molar-refractivity contribution in [2.75, 3.05) is 0 Å². The van der Waals surface area contributed by atoms with E-state index in [0.29, 0.717) is 5.75 Å². The fraction of sp³-hybridized carbons (Fsp3) is 0.231. The number of hydrogen-bond acceptors (Lipinski definition) is 3. The van der Waals surface area contributed by atoms with Crippen molar-refractivity contribution in [1.82, 2.24) is 0 Å². The van der Waals surface area contributed by atoms with Gasteiger partial charge < -0.3 is 9.84 Å². The van der Waals surface area contributed by atoms with Crippen LogP contribution in [-0.4, -0.2) is 17.0 Å². The summed E-state index contributed by atoms with van der Waals surface area (Å²) in [6.45, 7) is 3.51. The number of carbonyl (C=O) groups excluding carboxylic acids is 1. The minimum atomic E-state index is -1.000. The molecule has 0 fully saturated rings. The summed E-state index contributed by atoms with van der Waals surface area (Å²) < 4.78 is 5.08. The summed E-state index contributed by atoms with van der Waals surface area (Å²) in [5.41, 5.74) is 0.733. The van der Waals surface area contributed by atoms with Gasteiger partial charge in [0.05, 0.1) is 5.92 Å². The Morgan fingerprint density at radius 2 is 1.82 bits per heavy atom. The number of esters is 1. The highest BCUT2D eigenvalue weighted by Gasteiger charge is 2.08. The van der Waals surface area contributed by atoms with Crippen LogP contribution in [0.1, 0.15) is 19.4 Å². The van der Waals surface area contributed by atoms with Crippen LogP contribution in [0.15, 0.2) is 30.3 Å². The molecule has 0 aliphatic heterocycles. The third-order valence-corrected chi connectivity index (χ3v) is 1.99. The average Bonchev–Trinajstić information content (AvgIpc) is 2.28. The van der Waals surface area contributed by atoms with Crippen LogP contribution in [0, 0.1) is 5.92 Å². The Bertz CT molecular complexity index is 429. The summed E-state index contributed by atoms with van der Waals surface area (Å²) in [6.07, 6.45) is 2.52. The molecule has 4 nitrogen and oxygen atoms in total. The first kappa shape index (κ1) is 13.0. The highest BCUT2D eigenvalue weighted by molar-refractivity contribution is 5.85. The van der Waals surface area contributed by atoms with Crippen LogP contribution >= 0.6 is 0 Å². The Hall–Kier alpha value is -2.10. The number of rotatable bonds is 4. The number of carbonyl (C=O) groups is 2. The van der Waals surface area contributed by atoms with Gasteiger partial charge in [0, 0.05) is 6.08 Å². The number of hydrogen-bond donors (Lipinski definition) is 1. The second-order valence-corrected chi connectivity index (χ2v) is 3.82. The first-order chi connectivity index (χ1) is 7.99. The van der Waals surface area contributed by atoms with Gasteiger partial charge >= 0.3 is 11.9 Å². The van der Waals surface area contributed by atoms with Crippen LogP contribution in [0.3, 0.4) is 0 Å². The van der Waals surface area contributed by atoms with Crippen molar-refractivity contribution >= 4 is 18.0 Å². The number of carboxylic acid groups (broad SMARTS) is 1. The lowest BCUT2D eigenvalue weighted by molar-refractivity contribution is -0.137. The minimum absolute atomic E-state index is 0.179. The third-order valence-electron chi connectivity index (χ3n) is 1.99. The molecule has 0 bridgehead atoms. The maximum absolute atomic E-state index is 11.3. The molecular weight excluding hydrogens is 220 g/mol. The number of aliphatic carboxylic acids is 1. The van der Waals surface area contributed by atoms with Crippen molar-refractivity contribution in [1.29, 1.82) is 0 Å². The fourth-order valence-electron chi connectivity index (χ4n) is 1.05. The van der Waals surface area contributed by atoms with E-state index in [0.717, 1.165) is 11.6 Å². The third kappa shape index (κ3) is 4.51. The second kappa shape index (κ2) is 5.84. The molecule has 0 saturated heterocycles. The van der Waals surface area contributed by atoms with Crippen molar-refractivity contribution in [2.45, 2.75) is 13.8 Å². The number of carboxylic acids is 1. The minimum Gasteiger partial charge on any atom is -0.478 e. The van der Waals surface area contributed by atoms with E-state index in [-0.39, 0.29) is 11.9 Å². The lowest BCUT2D eigenvalue weighted by Crippen LogP contribution is -2.14. The number of benzene rings is 1. The zero-order valence-electron chi connectivity index (χ0n) is 9.71. The molecule has 0 spiro atoms. The van der Waals surface area contributed by atoms with E-state index < -0.39 is 5.97 Å². The fourth-order valence-corrected chi connectivity index (χ4v) is 1.05. The molecule has 1 aromatic rings. The molecule has 17 heavy (non-hydrogen) atoms. The van der Waals surface area contributed by atoms with E-state index in [4.69, 9.17) is 9.84 Å². The molecule has 0 aromatic heterocycles. The molecule has 1 rings (SSSR count). The van der Waals surface area contributed by atoms with Gasteiger partial charge in [-0.3, -0.25) is 4.79 Å². The van der Waals surface area contributed by atoms with Crippen LogP contribution < -0.4 is 4.74 Å². The van der Waals surface area contributed by atoms with Gasteiger partial charge in [0.15, 0.2) is 0 Å². The molecule has 0 amide bonds. The first-order valence-corrected chi connectivity index (χ1v) is 5.22. The van der Waals surface area contributed by atoms with Crippen LogP contribution in [0.25, 0.3) is 6.08 Å². The summed E-state index contributed by atoms with van der Waals surface area (Å²) in [6, 6.07) is 6.62. The molecule has 90 valence electrons. The van der Waals surface area contributed by atoms with Gasteiger partial charge in [0.1, 0.15) is 5.75 Å². The molecular formula is C13H14O4.